The first-order chi connectivity index (χ1) is 6.60. The molecule has 0 spiro atoms. The zero-order valence-corrected chi connectivity index (χ0v) is 9.14. The van der Waals surface area contributed by atoms with Crippen molar-refractivity contribution in [2.24, 2.45) is 5.73 Å². The summed E-state index contributed by atoms with van der Waals surface area (Å²) in [7, 11) is 1.47. The van der Waals surface area contributed by atoms with Crippen LogP contribution in [0.15, 0.2) is 12.1 Å². The van der Waals surface area contributed by atoms with Gasteiger partial charge in [-0.05, 0) is 12.1 Å². The Morgan fingerprint density at radius 1 is 1.50 bits per heavy atom. The van der Waals surface area contributed by atoms with Gasteiger partial charge in [0, 0.05) is 17.1 Å². The number of hydrogen-bond acceptors (Lipinski definition) is 3. The molecule has 0 heterocycles. The molecule has 0 radical (unpaired) electrons. The molecule has 0 saturated carbocycles. The van der Waals surface area contributed by atoms with E-state index >= 15 is 0 Å². The van der Waals surface area contributed by atoms with Crippen molar-refractivity contribution < 1.29 is 9.84 Å². The fourth-order valence-electron chi connectivity index (χ4n) is 1.17. The van der Waals surface area contributed by atoms with E-state index in [-0.39, 0.29) is 6.54 Å². The molecule has 3 N–H and O–H groups in total. The van der Waals surface area contributed by atoms with Gasteiger partial charge in [0.2, 0.25) is 0 Å². The summed E-state index contributed by atoms with van der Waals surface area (Å²) in [4.78, 5) is 0. The van der Waals surface area contributed by atoms with Crippen molar-refractivity contribution >= 4 is 23.2 Å². The van der Waals surface area contributed by atoms with Crippen molar-refractivity contribution in [3.8, 4) is 5.75 Å². The Balaban J connectivity index is 3.24. The first-order valence-corrected chi connectivity index (χ1v) is 4.76. The van der Waals surface area contributed by atoms with Crippen LogP contribution < -0.4 is 10.5 Å². The Kier molecular flexibility index (Phi) is 4.01. The minimum Gasteiger partial charge on any atom is -0.495 e. The molecule has 1 rings (SSSR count). The van der Waals surface area contributed by atoms with Crippen LogP contribution in [-0.4, -0.2) is 18.8 Å². The highest BCUT2D eigenvalue weighted by atomic mass is 35.5. The number of benzene rings is 1. The van der Waals surface area contributed by atoms with Crippen LogP contribution in [0.4, 0.5) is 0 Å². The number of aliphatic hydroxyl groups is 1. The molecule has 14 heavy (non-hydrogen) atoms. The zero-order valence-electron chi connectivity index (χ0n) is 7.63. The highest BCUT2D eigenvalue weighted by Gasteiger charge is 2.15. The molecule has 1 unspecified atom stereocenters. The average Bonchev–Trinajstić information content (AvgIpc) is 2.15. The maximum absolute atomic E-state index is 9.57. The molecule has 0 aliphatic heterocycles. The van der Waals surface area contributed by atoms with E-state index in [0.717, 1.165) is 0 Å². The van der Waals surface area contributed by atoms with E-state index in [9.17, 15) is 5.11 Å². The van der Waals surface area contributed by atoms with Crippen molar-refractivity contribution in [2.75, 3.05) is 13.7 Å². The lowest BCUT2D eigenvalue weighted by Gasteiger charge is -2.14. The summed E-state index contributed by atoms with van der Waals surface area (Å²) in [6.07, 6.45) is -0.818. The second kappa shape index (κ2) is 4.84. The fraction of sp³-hybridized carbons (Fsp3) is 0.333. The number of halogens is 2. The van der Waals surface area contributed by atoms with E-state index in [1.807, 2.05) is 0 Å². The molecular weight excluding hydrogens is 225 g/mol. The van der Waals surface area contributed by atoms with Crippen LogP contribution in [0, 0.1) is 0 Å². The van der Waals surface area contributed by atoms with Gasteiger partial charge < -0.3 is 15.6 Å². The van der Waals surface area contributed by atoms with Crippen molar-refractivity contribution in [1.29, 1.82) is 0 Å². The summed E-state index contributed by atoms with van der Waals surface area (Å²) < 4.78 is 5.05. The fourth-order valence-corrected chi connectivity index (χ4v) is 1.76. The second-order valence-electron chi connectivity index (χ2n) is 2.76. The lowest BCUT2D eigenvalue weighted by Crippen LogP contribution is -2.12. The molecule has 0 aromatic heterocycles. The average molecular weight is 236 g/mol. The van der Waals surface area contributed by atoms with E-state index in [4.69, 9.17) is 33.7 Å². The van der Waals surface area contributed by atoms with Gasteiger partial charge in [0.1, 0.15) is 5.75 Å². The van der Waals surface area contributed by atoms with Crippen LogP contribution in [-0.2, 0) is 0 Å². The topological polar surface area (TPSA) is 55.5 Å². The molecule has 1 aromatic rings. The molecule has 5 heteroatoms. The Hall–Kier alpha value is -0.480. The number of hydrogen-bond donors (Lipinski definition) is 2. The molecule has 0 aliphatic carbocycles. The summed E-state index contributed by atoms with van der Waals surface area (Å²) in [5.41, 5.74) is 5.84. The summed E-state index contributed by atoms with van der Waals surface area (Å²) >= 11 is 11.7. The quantitative estimate of drug-likeness (QED) is 0.843. The SMILES string of the molecule is COc1c(Cl)cc(Cl)cc1C(O)CN. The van der Waals surface area contributed by atoms with Gasteiger partial charge in [-0.15, -0.1) is 0 Å². The Morgan fingerprint density at radius 3 is 2.64 bits per heavy atom. The number of rotatable bonds is 3. The van der Waals surface area contributed by atoms with Crippen LogP contribution in [0.1, 0.15) is 11.7 Å². The minimum absolute atomic E-state index is 0.0903. The molecule has 0 fully saturated rings. The molecule has 0 bridgehead atoms. The molecular formula is C9H11Cl2NO2. The van der Waals surface area contributed by atoms with Gasteiger partial charge >= 0.3 is 0 Å². The first kappa shape index (κ1) is 11.6. The zero-order chi connectivity index (χ0) is 10.7. The normalized spacial score (nSPS) is 12.6. The molecule has 3 nitrogen and oxygen atoms in total. The lowest BCUT2D eigenvalue weighted by atomic mass is 10.1. The van der Waals surface area contributed by atoms with Crippen LogP contribution in [0.2, 0.25) is 10.0 Å². The van der Waals surface area contributed by atoms with Crippen LogP contribution >= 0.6 is 23.2 Å². The van der Waals surface area contributed by atoms with Crippen LogP contribution in [0.5, 0.6) is 5.75 Å². The Morgan fingerprint density at radius 2 is 2.14 bits per heavy atom. The molecule has 1 aromatic carbocycles. The van der Waals surface area contributed by atoms with Crippen LogP contribution in [0.3, 0.4) is 0 Å². The van der Waals surface area contributed by atoms with Gasteiger partial charge in [-0.25, -0.2) is 0 Å². The van der Waals surface area contributed by atoms with E-state index in [0.29, 0.717) is 21.4 Å². The van der Waals surface area contributed by atoms with Gasteiger partial charge in [-0.1, -0.05) is 23.2 Å². The van der Waals surface area contributed by atoms with Gasteiger partial charge in [0.25, 0.3) is 0 Å². The van der Waals surface area contributed by atoms with Crippen molar-refractivity contribution in [3.63, 3.8) is 0 Å². The molecule has 0 saturated heterocycles. The molecule has 0 aliphatic rings. The maximum Gasteiger partial charge on any atom is 0.143 e. The first-order valence-electron chi connectivity index (χ1n) is 4.01. The highest BCUT2D eigenvalue weighted by molar-refractivity contribution is 6.35. The van der Waals surface area contributed by atoms with Gasteiger partial charge in [0.15, 0.2) is 0 Å². The van der Waals surface area contributed by atoms with Crippen molar-refractivity contribution in [3.05, 3.63) is 27.7 Å². The highest BCUT2D eigenvalue weighted by Crippen LogP contribution is 2.35. The predicted octanol–water partition coefficient (Wildman–Crippen LogP) is 1.99. The second-order valence-corrected chi connectivity index (χ2v) is 3.61. The predicted molar refractivity (Wildman–Crippen MR) is 57.0 cm³/mol. The van der Waals surface area contributed by atoms with Gasteiger partial charge in [-0.3, -0.25) is 0 Å². The third-order valence-electron chi connectivity index (χ3n) is 1.82. The lowest BCUT2D eigenvalue weighted by molar-refractivity contribution is 0.182. The number of methoxy groups -OCH3 is 1. The largest absolute Gasteiger partial charge is 0.495 e. The Bertz CT molecular complexity index is 331. The van der Waals surface area contributed by atoms with E-state index in [1.165, 1.54) is 7.11 Å². The number of nitrogens with two attached hydrogens (primary N) is 1. The standard InChI is InChI=1S/C9H11Cl2NO2/c1-14-9-6(8(13)4-12)2-5(10)3-7(9)11/h2-3,8,13H,4,12H2,1H3. The molecule has 78 valence electrons. The van der Waals surface area contributed by atoms with E-state index in [2.05, 4.69) is 0 Å². The maximum atomic E-state index is 9.57. The summed E-state index contributed by atoms with van der Waals surface area (Å²) in [6, 6.07) is 3.14. The summed E-state index contributed by atoms with van der Waals surface area (Å²) in [5, 5.41) is 10.4. The summed E-state index contributed by atoms with van der Waals surface area (Å²) in [5.74, 6) is 0.411. The summed E-state index contributed by atoms with van der Waals surface area (Å²) in [6.45, 7) is 0.0903. The van der Waals surface area contributed by atoms with Gasteiger partial charge in [0.05, 0.1) is 18.2 Å². The third-order valence-corrected chi connectivity index (χ3v) is 2.32. The number of aliphatic hydroxyl groups excluding tert-OH is 1. The number of ether oxygens (including phenoxy) is 1. The minimum atomic E-state index is -0.818. The smallest absolute Gasteiger partial charge is 0.143 e. The third kappa shape index (κ3) is 2.30. The van der Waals surface area contributed by atoms with Crippen LogP contribution in [0.25, 0.3) is 0 Å². The molecule has 1 atom stereocenters. The monoisotopic (exact) mass is 235 g/mol. The van der Waals surface area contributed by atoms with Gasteiger partial charge in [-0.2, -0.15) is 0 Å². The van der Waals surface area contributed by atoms with Crippen molar-refractivity contribution in [1.82, 2.24) is 0 Å². The van der Waals surface area contributed by atoms with E-state index in [1.54, 1.807) is 12.1 Å². The molecule has 0 amide bonds. The Labute approximate surface area is 92.4 Å². The van der Waals surface area contributed by atoms with E-state index < -0.39 is 6.10 Å². The van der Waals surface area contributed by atoms with Crippen molar-refractivity contribution in [2.45, 2.75) is 6.10 Å².